The number of hydrogen-bond acceptors (Lipinski definition) is 3. The van der Waals surface area contributed by atoms with Gasteiger partial charge in [0.15, 0.2) is 0 Å². The van der Waals surface area contributed by atoms with E-state index in [-0.39, 0.29) is 5.75 Å². The summed E-state index contributed by atoms with van der Waals surface area (Å²) in [4.78, 5) is 0. The van der Waals surface area contributed by atoms with Gasteiger partial charge in [-0.15, -0.1) is 24.5 Å². The van der Waals surface area contributed by atoms with E-state index in [9.17, 15) is 18.3 Å². The molecule has 0 amide bonds. The van der Waals surface area contributed by atoms with Crippen LogP contribution in [0.1, 0.15) is 17.2 Å². The summed E-state index contributed by atoms with van der Waals surface area (Å²) >= 11 is 3.70. The van der Waals surface area contributed by atoms with Crippen molar-refractivity contribution in [1.29, 1.82) is 0 Å². The molecule has 1 aromatic heterocycles. The largest absolute Gasteiger partial charge is 0.573 e. The Morgan fingerprint density at radius 3 is 2.40 bits per heavy atom. The van der Waals surface area contributed by atoms with E-state index < -0.39 is 12.5 Å². The van der Waals surface area contributed by atoms with Crippen LogP contribution in [0.3, 0.4) is 0 Å². The van der Waals surface area contributed by atoms with Crippen molar-refractivity contribution in [1.82, 2.24) is 0 Å². The summed E-state index contributed by atoms with van der Waals surface area (Å²) in [6.07, 6.45) is -5.00. The minimum Gasteiger partial charge on any atom is -0.406 e. The molecule has 108 valence electrons. The normalized spacial score (nSPS) is 13.2. The molecule has 20 heavy (non-hydrogen) atoms. The smallest absolute Gasteiger partial charge is 0.406 e. The summed E-state index contributed by atoms with van der Waals surface area (Å²) in [5.74, 6) is -0.263. The molecule has 1 heterocycles. The van der Waals surface area contributed by atoms with E-state index in [1.54, 1.807) is 0 Å². The fourth-order valence-corrected chi connectivity index (χ4v) is 3.09. The molecule has 2 rings (SSSR count). The lowest BCUT2D eigenvalue weighted by Gasteiger charge is -2.11. The lowest BCUT2D eigenvalue weighted by Crippen LogP contribution is -2.17. The maximum absolute atomic E-state index is 12.0. The molecular formula is C13H10F3IO2S. The van der Waals surface area contributed by atoms with E-state index in [0.717, 1.165) is 14.0 Å². The van der Waals surface area contributed by atoms with Crippen LogP contribution >= 0.6 is 33.9 Å². The highest BCUT2D eigenvalue weighted by Gasteiger charge is 2.30. The molecule has 0 bridgehead atoms. The zero-order valence-corrected chi connectivity index (χ0v) is 13.0. The molecule has 0 radical (unpaired) electrons. The molecule has 2 aromatic rings. The number of aliphatic hydroxyl groups excluding tert-OH is 1. The summed E-state index contributed by atoms with van der Waals surface area (Å²) in [5, 5.41) is 11.9. The highest BCUT2D eigenvalue weighted by molar-refractivity contribution is 14.1. The number of benzene rings is 1. The lowest BCUT2D eigenvalue weighted by molar-refractivity contribution is -0.274. The van der Waals surface area contributed by atoms with Crippen molar-refractivity contribution in [3.8, 4) is 5.75 Å². The monoisotopic (exact) mass is 414 g/mol. The van der Waals surface area contributed by atoms with Crippen LogP contribution in [-0.4, -0.2) is 11.5 Å². The summed E-state index contributed by atoms with van der Waals surface area (Å²) in [6, 6.07) is 7.40. The molecule has 1 aromatic carbocycles. The first kappa shape index (κ1) is 15.6. The van der Waals surface area contributed by atoms with Crippen molar-refractivity contribution < 1.29 is 23.0 Å². The second kappa shape index (κ2) is 6.31. The molecular weight excluding hydrogens is 404 g/mol. The quantitative estimate of drug-likeness (QED) is 0.746. The Hall–Kier alpha value is -0.800. The molecule has 2 nitrogen and oxygen atoms in total. The van der Waals surface area contributed by atoms with Crippen molar-refractivity contribution in [2.24, 2.45) is 0 Å². The van der Waals surface area contributed by atoms with E-state index in [0.29, 0.717) is 6.42 Å². The fourth-order valence-electron chi connectivity index (χ4n) is 1.67. The SMILES string of the molecule is OC(Cc1ccc(OC(F)(F)F)cc1)c1csc(I)c1. The molecule has 7 heteroatoms. The molecule has 1 unspecified atom stereocenters. The van der Waals surface area contributed by atoms with Crippen LogP contribution in [0, 0.1) is 2.88 Å². The zero-order chi connectivity index (χ0) is 14.8. The van der Waals surface area contributed by atoms with Crippen LogP contribution in [0.15, 0.2) is 35.7 Å². The van der Waals surface area contributed by atoms with E-state index in [1.807, 2.05) is 11.4 Å². The number of ether oxygens (including phenoxy) is 1. The number of alkyl halides is 3. The van der Waals surface area contributed by atoms with E-state index >= 15 is 0 Å². The molecule has 0 aliphatic rings. The van der Waals surface area contributed by atoms with Gasteiger partial charge in [-0.1, -0.05) is 12.1 Å². The predicted octanol–water partition coefficient (Wildman–Crippen LogP) is 4.53. The summed E-state index contributed by atoms with van der Waals surface area (Å²) in [7, 11) is 0. The highest BCUT2D eigenvalue weighted by atomic mass is 127. The summed E-state index contributed by atoms with van der Waals surface area (Å²) in [6.45, 7) is 0. The Balaban J connectivity index is 2.00. The average Bonchev–Trinajstić information content (AvgIpc) is 2.77. The van der Waals surface area contributed by atoms with Gasteiger partial charge in [-0.25, -0.2) is 0 Å². The first-order valence-electron chi connectivity index (χ1n) is 5.60. The van der Waals surface area contributed by atoms with Gasteiger partial charge in [-0.3, -0.25) is 0 Å². The van der Waals surface area contributed by atoms with Crippen LogP contribution in [0.2, 0.25) is 0 Å². The predicted molar refractivity (Wildman–Crippen MR) is 78.8 cm³/mol. The number of rotatable bonds is 4. The Labute approximate surface area is 131 Å². The van der Waals surface area contributed by atoms with Crippen molar-refractivity contribution in [3.63, 3.8) is 0 Å². The van der Waals surface area contributed by atoms with Gasteiger partial charge in [0.25, 0.3) is 0 Å². The van der Waals surface area contributed by atoms with Gasteiger partial charge in [0.1, 0.15) is 5.75 Å². The van der Waals surface area contributed by atoms with Gasteiger partial charge >= 0.3 is 6.36 Å². The number of aliphatic hydroxyl groups is 1. The van der Waals surface area contributed by atoms with Gasteiger partial charge < -0.3 is 9.84 Å². The number of hydrogen-bond donors (Lipinski definition) is 1. The van der Waals surface area contributed by atoms with Crippen LogP contribution < -0.4 is 4.74 Å². The van der Waals surface area contributed by atoms with Crippen LogP contribution in [0.25, 0.3) is 0 Å². The van der Waals surface area contributed by atoms with E-state index in [4.69, 9.17) is 0 Å². The van der Waals surface area contributed by atoms with Crippen LogP contribution in [-0.2, 0) is 6.42 Å². The van der Waals surface area contributed by atoms with Crippen molar-refractivity contribution in [2.45, 2.75) is 18.9 Å². The Bertz CT molecular complexity index is 566. The van der Waals surface area contributed by atoms with Crippen LogP contribution in [0.4, 0.5) is 13.2 Å². The lowest BCUT2D eigenvalue weighted by atomic mass is 10.0. The van der Waals surface area contributed by atoms with Crippen LogP contribution in [0.5, 0.6) is 5.75 Å². The first-order valence-corrected chi connectivity index (χ1v) is 7.56. The van der Waals surface area contributed by atoms with Gasteiger partial charge in [0, 0.05) is 6.42 Å². The minimum atomic E-state index is -4.69. The Morgan fingerprint density at radius 1 is 1.25 bits per heavy atom. The molecule has 0 spiro atoms. The maximum Gasteiger partial charge on any atom is 0.573 e. The second-order valence-corrected chi connectivity index (χ2v) is 6.90. The summed E-state index contributed by atoms with van der Waals surface area (Å²) < 4.78 is 40.9. The topological polar surface area (TPSA) is 29.5 Å². The van der Waals surface area contributed by atoms with Crippen molar-refractivity contribution in [3.05, 3.63) is 49.7 Å². The summed E-state index contributed by atoms with van der Waals surface area (Å²) in [5.41, 5.74) is 1.56. The third-order valence-corrected chi connectivity index (χ3v) is 4.37. The van der Waals surface area contributed by atoms with E-state index in [2.05, 4.69) is 27.3 Å². The molecule has 0 saturated heterocycles. The van der Waals surface area contributed by atoms with E-state index in [1.165, 1.54) is 35.6 Å². The Kier molecular flexibility index (Phi) is 4.92. The standard InChI is InChI=1S/C13H10F3IO2S/c14-13(15,16)19-10-3-1-8(2-4-10)5-11(18)9-6-12(17)20-7-9/h1-4,6-7,11,18H,5H2. The Morgan fingerprint density at radius 2 is 1.90 bits per heavy atom. The fraction of sp³-hybridized carbons (Fsp3) is 0.231. The second-order valence-electron chi connectivity index (χ2n) is 4.10. The van der Waals surface area contributed by atoms with Gasteiger partial charge in [-0.05, 0) is 57.3 Å². The molecule has 1 N–H and O–H groups in total. The average molecular weight is 414 g/mol. The molecule has 1 atom stereocenters. The third-order valence-electron chi connectivity index (χ3n) is 2.56. The molecule has 0 fully saturated rings. The van der Waals surface area contributed by atoms with Gasteiger partial charge in [-0.2, -0.15) is 0 Å². The third kappa shape index (κ3) is 4.64. The molecule has 0 aliphatic carbocycles. The number of thiophene rings is 1. The number of halogens is 4. The zero-order valence-electron chi connectivity index (χ0n) is 10.0. The molecule has 0 saturated carbocycles. The molecule has 0 aliphatic heterocycles. The maximum atomic E-state index is 12.0. The van der Waals surface area contributed by atoms with Crippen molar-refractivity contribution in [2.75, 3.05) is 0 Å². The highest BCUT2D eigenvalue weighted by Crippen LogP contribution is 2.27. The minimum absolute atomic E-state index is 0.263. The van der Waals surface area contributed by atoms with Crippen molar-refractivity contribution >= 4 is 33.9 Å². The van der Waals surface area contributed by atoms with Gasteiger partial charge in [0.05, 0.1) is 8.99 Å². The first-order chi connectivity index (χ1) is 9.33. The van der Waals surface area contributed by atoms with Gasteiger partial charge in [0.2, 0.25) is 0 Å².